The van der Waals surface area contributed by atoms with Gasteiger partial charge in [-0.05, 0) is 48.9 Å². The summed E-state index contributed by atoms with van der Waals surface area (Å²) in [7, 11) is 2.43. The van der Waals surface area contributed by atoms with E-state index in [0.29, 0.717) is 6.04 Å². The second-order valence-corrected chi connectivity index (χ2v) is 15.5. The van der Waals surface area contributed by atoms with Crippen molar-refractivity contribution in [3.63, 3.8) is 0 Å². The van der Waals surface area contributed by atoms with Crippen LogP contribution in [0.15, 0.2) is 121 Å². The van der Waals surface area contributed by atoms with Crippen molar-refractivity contribution in [3.8, 4) is 0 Å². The van der Waals surface area contributed by atoms with Gasteiger partial charge in [0.25, 0.3) is 0 Å². The maximum absolute atomic E-state index is 7.12. The first-order valence-electron chi connectivity index (χ1n) is 18.1. The fraction of sp³-hybridized carbons (Fsp3) is 0.455. The van der Waals surface area contributed by atoms with Gasteiger partial charge >= 0.3 is 0 Å². The number of ether oxygens (including phenoxy) is 2. The highest BCUT2D eigenvalue weighted by Gasteiger charge is 2.53. The van der Waals surface area contributed by atoms with Crippen LogP contribution in [0.5, 0.6) is 0 Å². The van der Waals surface area contributed by atoms with Crippen LogP contribution in [0.3, 0.4) is 0 Å². The lowest BCUT2D eigenvalue weighted by Gasteiger charge is -2.39. The van der Waals surface area contributed by atoms with Gasteiger partial charge in [-0.2, -0.15) is 0 Å². The van der Waals surface area contributed by atoms with Crippen LogP contribution in [-0.2, 0) is 35.2 Å². The molecule has 256 valence electrons. The van der Waals surface area contributed by atoms with Crippen LogP contribution in [-0.4, -0.2) is 73.2 Å². The van der Waals surface area contributed by atoms with Crippen LogP contribution >= 0.6 is 0 Å². The van der Waals surface area contributed by atoms with Crippen LogP contribution < -0.4 is 0 Å². The Hall–Kier alpha value is -3.28. The Balaban J connectivity index is 1.40. The molecule has 48 heavy (non-hydrogen) atoms. The lowest BCUT2D eigenvalue weighted by Crippen LogP contribution is -2.55. The molecule has 1 saturated heterocycles. The summed E-state index contributed by atoms with van der Waals surface area (Å²) in [4.78, 5) is 2.66. The number of hydrogen-bond acceptors (Lipinski definition) is 3. The zero-order valence-corrected chi connectivity index (χ0v) is 30.4. The molecule has 0 saturated carbocycles. The molecule has 0 aliphatic carbocycles. The van der Waals surface area contributed by atoms with E-state index < -0.39 is 5.79 Å². The molecule has 1 heterocycles. The monoisotopic (exact) mass is 647 g/mol. The summed E-state index contributed by atoms with van der Waals surface area (Å²) in [6.45, 7) is 16.1. The van der Waals surface area contributed by atoms with E-state index in [1.165, 1.54) is 22.3 Å². The van der Waals surface area contributed by atoms with Crippen molar-refractivity contribution in [2.75, 3.05) is 39.8 Å². The summed E-state index contributed by atoms with van der Waals surface area (Å²) >= 11 is 0. The van der Waals surface area contributed by atoms with Crippen molar-refractivity contribution in [1.82, 2.24) is 4.90 Å². The number of nitrogens with zero attached hydrogens (tertiary/aromatic N) is 2. The van der Waals surface area contributed by atoms with E-state index in [1.54, 1.807) is 0 Å². The van der Waals surface area contributed by atoms with Crippen LogP contribution in [0.4, 0.5) is 0 Å². The first-order valence-corrected chi connectivity index (χ1v) is 18.1. The molecule has 5 rings (SSSR count). The van der Waals surface area contributed by atoms with Crippen LogP contribution in [0.25, 0.3) is 0 Å². The second kappa shape index (κ2) is 16.4. The smallest absolute Gasteiger partial charge is 0.171 e. The van der Waals surface area contributed by atoms with Crippen molar-refractivity contribution >= 4 is 0 Å². The predicted molar refractivity (Wildman–Crippen MR) is 200 cm³/mol. The Labute approximate surface area is 291 Å². The molecule has 4 aromatic carbocycles. The molecule has 2 unspecified atom stereocenters. The zero-order chi connectivity index (χ0) is 34.0. The summed E-state index contributed by atoms with van der Waals surface area (Å²) < 4.78 is 15.2. The van der Waals surface area contributed by atoms with Gasteiger partial charge in [0.15, 0.2) is 5.79 Å². The highest BCUT2D eigenvalue weighted by atomic mass is 16.8. The molecule has 0 aromatic heterocycles. The van der Waals surface area contributed by atoms with Crippen molar-refractivity contribution < 1.29 is 14.0 Å². The van der Waals surface area contributed by atoms with E-state index in [-0.39, 0.29) is 17.6 Å². The Morgan fingerprint density at radius 3 is 1.52 bits per heavy atom. The number of quaternary nitrogens is 1. The van der Waals surface area contributed by atoms with Crippen molar-refractivity contribution in [1.29, 1.82) is 0 Å². The lowest BCUT2D eigenvalue weighted by atomic mass is 9.87. The molecule has 4 nitrogen and oxygen atoms in total. The van der Waals surface area contributed by atoms with Crippen molar-refractivity contribution in [2.24, 2.45) is 5.41 Å². The second-order valence-electron chi connectivity index (χ2n) is 15.5. The van der Waals surface area contributed by atoms with Crippen molar-refractivity contribution in [3.05, 3.63) is 144 Å². The minimum atomic E-state index is -0.667. The zero-order valence-electron chi connectivity index (χ0n) is 30.4. The molecule has 1 fully saturated rings. The Morgan fingerprint density at radius 2 is 1.06 bits per heavy atom. The topological polar surface area (TPSA) is 21.7 Å². The van der Waals surface area contributed by atoms with Gasteiger partial charge in [-0.1, -0.05) is 142 Å². The highest BCUT2D eigenvalue weighted by molar-refractivity contribution is 5.18. The van der Waals surface area contributed by atoms with E-state index in [9.17, 15) is 0 Å². The molecule has 4 heteroatoms. The summed E-state index contributed by atoms with van der Waals surface area (Å²) in [5.41, 5.74) is 5.37. The minimum Gasteiger partial charge on any atom is -0.342 e. The number of benzene rings is 4. The Morgan fingerprint density at radius 1 is 0.646 bits per heavy atom. The summed E-state index contributed by atoms with van der Waals surface area (Å²) in [6, 6.07) is 44.0. The molecule has 4 aromatic rings. The summed E-state index contributed by atoms with van der Waals surface area (Å²) in [5.74, 6) is -0.667. The van der Waals surface area contributed by atoms with Gasteiger partial charge < -0.3 is 14.0 Å². The summed E-state index contributed by atoms with van der Waals surface area (Å²) in [5, 5.41) is 0. The van der Waals surface area contributed by atoms with Crippen LogP contribution in [0.2, 0.25) is 0 Å². The quantitative estimate of drug-likeness (QED) is 0.114. The first-order chi connectivity index (χ1) is 23.0. The number of likely N-dealkylation sites (N-methyl/N-ethyl adjacent to an activating group) is 1. The Bertz CT molecular complexity index is 1450. The lowest BCUT2D eigenvalue weighted by molar-refractivity contribution is -0.912. The standard InChI is InChI=1S/C44H59N2O2/c1-36(33-40-25-17-10-18-26-40)45(30-27-37-19-11-7-12-20-37)34-41-42(48-44(5,47-41)43(2,3)4)35-46(6,31-28-38-21-13-8-14-22-38)32-29-39-23-15-9-16-24-39/h7-26,36,41-42H,27-35H2,1-6H3/q+1/t36?,41-,42-,44?/m0/s1. The summed E-state index contributed by atoms with van der Waals surface area (Å²) in [6.07, 6.45) is 4.04. The average Bonchev–Trinajstić information content (AvgIpc) is 3.42. The van der Waals surface area contributed by atoms with Gasteiger partial charge in [0.05, 0.1) is 20.1 Å². The van der Waals surface area contributed by atoms with Crippen molar-refractivity contribution in [2.45, 2.75) is 84.3 Å². The first kappa shape index (κ1) is 36.0. The third-order valence-corrected chi connectivity index (χ3v) is 10.7. The van der Waals surface area contributed by atoms with E-state index in [1.807, 2.05) is 0 Å². The van der Waals surface area contributed by atoms with Gasteiger partial charge in [-0.15, -0.1) is 0 Å². The SMILES string of the molecule is CC(Cc1ccccc1)N(CCc1ccccc1)C[C@@H]1OC(C)(C(C)(C)C)O[C@H]1C[N+](C)(CCc1ccccc1)CCc1ccccc1. The third kappa shape index (κ3) is 10.1. The van der Waals surface area contributed by atoms with Gasteiger partial charge in [-0.25, -0.2) is 0 Å². The van der Waals surface area contributed by atoms with Gasteiger partial charge in [-0.3, -0.25) is 4.90 Å². The molecule has 4 atom stereocenters. The molecule has 0 radical (unpaired) electrons. The van der Waals surface area contributed by atoms with E-state index in [4.69, 9.17) is 9.47 Å². The molecule has 1 aliphatic rings. The number of hydrogen-bond donors (Lipinski definition) is 0. The minimum absolute atomic E-state index is 0.0195. The number of rotatable bonds is 16. The molecule has 0 N–H and O–H groups in total. The normalized spacial score (nSPS) is 20.6. The Kier molecular flexibility index (Phi) is 12.3. The molecular formula is C44H59N2O2+. The highest BCUT2D eigenvalue weighted by Crippen LogP contribution is 2.43. The van der Waals surface area contributed by atoms with E-state index in [0.717, 1.165) is 62.9 Å². The maximum atomic E-state index is 7.12. The third-order valence-electron chi connectivity index (χ3n) is 10.7. The molecular weight excluding hydrogens is 588 g/mol. The molecule has 0 amide bonds. The van der Waals surface area contributed by atoms with Crippen LogP contribution in [0, 0.1) is 5.41 Å². The fourth-order valence-electron chi connectivity index (χ4n) is 6.96. The largest absolute Gasteiger partial charge is 0.342 e. The van der Waals surface area contributed by atoms with E-state index in [2.05, 4.69) is 168 Å². The molecule has 0 spiro atoms. The average molecular weight is 648 g/mol. The molecule has 0 bridgehead atoms. The van der Waals surface area contributed by atoms with Crippen LogP contribution in [0.1, 0.15) is 56.9 Å². The maximum Gasteiger partial charge on any atom is 0.171 e. The van der Waals surface area contributed by atoms with Gasteiger partial charge in [0.1, 0.15) is 18.8 Å². The van der Waals surface area contributed by atoms with Gasteiger partial charge in [0, 0.05) is 37.4 Å². The van der Waals surface area contributed by atoms with E-state index >= 15 is 0 Å². The van der Waals surface area contributed by atoms with Gasteiger partial charge in [0.2, 0.25) is 0 Å². The fourth-order valence-corrected chi connectivity index (χ4v) is 6.96. The predicted octanol–water partition coefficient (Wildman–Crippen LogP) is 8.64. The molecule has 1 aliphatic heterocycles.